The molecule has 0 bridgehead atoms. The van der Waals surface area contributed by atoms with Crippen molar-refractivity contribution >= 4 is 33.3 Å². The molecule has 3 nitrogen and oxygen atoms in total. The average Bonchev–Trinajstić information content (AvgIpc) is 2.14. The topological polar surface area (TPSA) is 42.1 Å². The molecule has 1 rings (SSSR count). The van der Waals surface area contributed by atoms with E-state index in [9.17, 15) is 0 Å². The van der Waals surface area contributed by atoms with E-state index in [2.05, 4.69) is 25.8 Å². The monoisotopic (exact) mass is 291 g/mol. The minimum Gasteiger partial charge on any atom is -0.359 e. The van der Waals surface area contributed by atoms with Crippen molar-refractivity contribution in [3.8, 4) is 0 Å². The number of hydrogen-bond acceptors (Lipinski definition) is 3. The molecule has 0 aliphatic rings. The smallest absolute Gasteiger partial charge is 0.142 e. The first-order valence-corrected chi connectivity index (χ1v) is 5.95. The van der Waals surface area contributed by atoms with Crippen molar-refractivity contribution in [2.24, 2.45) is 5.73 Å². The second-order valence-electron chi connectivity index (χ2n) is 3.65. The number of pyridine rings is 1. The largest absolute Gasteiger partial charge is 0.359 e. The van der Waals surface area contributed by atoms with Crippen molar-refractivity contribution in [2.45, 2.75) is 19.4 Å². The summed E-state index contributed by atoms with van der Waals surface area (Å²) in [5, 5.41) is 0.631. The van der Waals surface area contributed by atoms with Gasteiger partial charge in [0.05, 0.1) is 9.50 Å². The molecule has 1 unspecified atom stereocenters. The zero-order valence-corrected chi connectivity index (χ0v) is 11.2. The van der Waals surface area contributed by atoms with E-state index in [1.54, 1.807) is 6.20 Å². The fraction of sp³-hybridized carbons (Fsp3) is 0.500. The van der Waals surface area contributed by atoms with Gasteiger partial charge in [0.2, 0.25) is 0 Å². The Morgan fingerprint density at radius 3 is 2.87 bits per heavy atom. The molecule has 1 aromatic rings. The Morgan fingerprint density at radius 1 is 1.67 bits per heavy atom. The van der Waals surface area contributed by atoms with Crippen LogP contribution in [-0.2, 0) is 0 Å². The maximum atomic E-state index is 5.82. The molecule has 0 radical (unpaired) electrons. The molecule has 0 saturated heterocycles. The standard InChI is InChI=1S/C10H15BrClN3/c1-7(13)3-4-15(2)10-9(11)5-8(12)6-14-10/h5-7H,3-4,13H2,1-2H3. The van der Waals surface area contributed by atoms with Crippen LogP contribution in [0.1, 0.15) is 13.3 Å². The third-order valence-corrected chi connectivity index (χ3v) is 2.86. The Hall–Kier alpha value is -0.320. The lowest BCUT2D eigenvalue weighted by Gasteiger charge is -2.20. The minimum absolute atomic E-state index is 0.207. The van der Waals surface area contributed by atoms with Gasteiger partial charge in [-0.3, -0.25) is 0 Å². The van der Waals surface area contributed by atoms with Gasteiger partial charge in [-0.25, -0.2) is 4.98 Å². The molecule has 0 saturated carbocycles. The van der Waals surface area contributed by atoms with Crippen LogP contribution in [0.15, 0.2) is 16.7 Å². The van der Waals surface area contributed by atoms with Crippen molar-refractivity contribution in [1.82, 2.24) is 4.98 Å². The first-order valence-electron chi connectivity index (χ1n) is 4.78. The number of halogens is 2. The van der Waals surface area contributed by atoms with Gasteiger partial charge in [0.1, 0.15) is 5.82 Å². The van der Waals surface area contributed by atoms with E-state index in [1.807, 2.05) is 20.0 Å². The van der Waals surface area contributed by atoms with Gasteiger partial charge >= 0.3 is 0 Å². The predicted octanol–water partition coefficient (Wildman–Crippen LogP) is 2.67. The number of hydrogen-bond donors (Lipinski definition) is 1. The summed E-state index contributed by atoms with van der Waals surface area (Å²) in [6.45, 7) is 2.88. The Bertz CT molecular complexity index is 330. The van der Waals surface area contributed by atoms with Crippen molar-refractivity contribution in [2.75, 3.05) is 18.5 Å². The van der Waals surface area contributed by atoms with Crippen LogP contribution in [0.4, 0.5) is 5.82 Å². The van der Waals surface area contributed by atoms with Crippen LogP contribution in [0.3, 0.4) is 0 Å². The third-order valence-electron chi connectivity index (χ3n) is 2.07. The van der Waals surface area contributed by atoms with E-state index in [-0.39, 0.29) is 6.04 Å². The molecular formula is C10H15BrClN3. The van der Waals surface area contributed by atoms with Crippen LogP contribution < -0.4 is 10.6 Å². The van der Waals surface area contributed by atoms with Gasteiger partial charge in [-0.05, 0) is 35.3 Å². The van der Waals surface area contributed by atoms with Crippen molar-refractivity contribution in [3.63, 3.8) is 0 Å². The van der Waals surface area contributed by atoms with Crippen LogP contribution in [0.2, 0.25) is 5.02 Å². The molecule has 2 N–H and O–H groups in total. The molecule has 1 atom stereocenters. The molecule has 1 aromatic heterocycles. The third kappa shape index (κ3) is 3.97. The lowest BCUT2D eigenvalue weighted by atomic mass is 10.2. The van der Waals surface area contributed by atoms with Crippen LogP contribution in [0, 0.1) is 0 Å². The second-order valence-corrected chi connectivity index (χ2v) is 4.94. The normalized spacial score (nSPS) is 12.6. The van der Waals surface area contributed by atoms with Gasteiger partial charge in [0.25, 0.3) is 0 Å². The van der Waals surface area contributed by atoms with Crippen molar-refractivity contribution < 1.29 is 0 Å². The van der Waals surface area contributed by atoms with Gasteiger partial charge in [0.15, 0.2) is 0 Å². The van der Waals surface area contributed by atoms with Crippen LogP contribution in [-0.4, -0.2) is 24.6 Å². The summed E-state index contributed by atoms with van der Waals surface area (Å²) in [4.78, 5) is 6.32. The molecule has 0 spiro atoms. The fourth-order valence-corrected chi connectivity index (χ4v) is 2.13. The summed E-state index contributed by atoms with van der Waals surface area (Å²) in [5.41, 5.74) is 5.70. The average molecular weight is 293 g/mol. The van der Waals surface area contributed by atoms with Gasteiger partial charge in [-0.15, -0.1) is 0 Å². The van der Waals surface area contributed by atoms with Gasteiger partial charge in [-0.2, -0.15) is 0 Å². The lowest BCUT2D eigenvalue weighted by Crippen LogP contribution is -2.26. The molecule has 0 aliphatic carbocycles. The molecule has 0 aliphatic heterocycles. The maximum absolute atomic E-state index is 5.82. The molecule has 1 heterocycles. The quantitative estimate of drug-likeness (QED) is 0.928. The summed E-state index contributed by atoms with van der Waals surface area (Å²) in [5.74, 6) is 0.889. The molecule has 0 aromatic carbocycles. The first kappa shape index (κ1) is 12.7. The Balaban J connectivity index is 2.69. The van der Waals surface area contributed by atoms with Crippen molar-refractivity contribution in [3.05, 3.63) is 21.8 Å². The predicted molar refractivity (Wildman–Crippen MR) is 68.5 cm³/mol. The van der Waals surface area contributed by atoms with Crippen LogP contribution in [0.25, 0.3) is 0 Å². The number of anilines is 1. The highest BCUT2D eigenvalue weighted by molar-refractivity contribution is 9.10. The van der Waals surface area contributed by atoms with Gasteiger partial charge < -0.3 is 10.6 Å². The molecule has 0 fully saturated rings. The van der Waals surface area contributed by atoms with E-state index in [0.29, 0.717) is 5.02 Å². The summed E-state index contributed by atoms with van der Waals surface area (Å²) in [6, 6.07) is 2.05. The maximum Gasteiger partial charge on any atom is 0.142 e. The summed E-state index contributed by atoms with van der Waals surface area (Å²) >= 11 is 9.25. The molecule has 84 valence electrons. The zero-order chi connectivity index (χ0) is 11.4. The van der Waals surface area contributed by atoms with Crippen molar-refractivity contribution in [1.29, 1.82) is 0 Å². The highest BCUT2D eigenvalue weighted by atomic mass is 79.9. The second kappa shape index (κ2) is 5.68. The Kier molecular flexibility index (Phi) is 4.83. The zero-order valence-electron chi connectivity index (χ0n) is 8.87. The number of aromatic nitrogens is 1. The molecule has 5 heteroatoms. The molecule has 15 heavy (non-hydrogen) atoms. The van der Waals surface area contributed by atoms with Gasteiger partial charge in [0, 0.05) is 25.8 Å². The Morgan fingerprint density at radius 2 is 2.33 bits per heavy atom. The molecular weight excluding hydrogens is 277 g/mol. The lowest BCUT2D eigenvalue weighted by molar-refractivity contribution is 0.656. The van der Waals surface area contributed by atoms with Gasteiger partial charge in [-0.1, -0.05) is 11.6 Å². The summed E-state index contributed by atoms with van der Waals surface area (Å²) in [6.07, 6.45) is 2.58. The highest BCUT2D eigenvalue weighted by Crippen LogP contribution is 2.25. The SMILES string of the molecule is CC(N)CCN(C)c1ncc(Cl)cc1Br. The Labute approximate surface area is 104 Å². The summed E-state index contributed by atoms with van der Waals surface area (Å²) in [7, 11) is 1.99. The molecule has 0 amide bonds. The summed E-state index contributed by atoms with van der Waals surface area (Å²) < 4.78 is 0.905. The van der Waals surface area contributed by atoms with E-state index in [4.69, 9.17) is 17.3 Å². The van der Waals surface area contributed by atoms with E-state index < -0.39 is 0 Å². The fourth-order valence-electron chi connectivity index (χ4n) is 1.19. The first-order chi connectivity index (χ1) is 7.00. The van der Waals surface area contributed by atoms with E-state index in [0.717, 1.165) is 23.3 Å². The number of nitrogens with zero attached hydrogens (tertiary/aromatic N) is 2. The number of nitrogens with two attached hydrogens (primary N) is 1. The van der Waals surface area contributed by atoms with E-state index >= 15 is 0 Å². The van der Waals surface area contributed by atoms with Crippen LogP contribution in [0.5, 0.6) is 0 Å². The van der Waals surface area contributed by atoms with Crippen LogP contribution >= 0.6 is 27.5 Å². The number of rotatable bonds is 4. The highest BCUT2D eigenvalue weighted by Gasteiger charge is 2.08. The minimum atomic E-state index is 0.207. The van der Waals surface area contributed by atoms with E-state index in [1.165, 1.54) is 0 Å².